The van der Waals surface area contributed by atoms with Crippen LogP contribution in [0.4, 0.5) is 0 Å². The summed E-state index contributed by atoms with van der Waals surface area (Å²) in [5, 5.41) is 3.38. The zero-order chi connectivity index (χ0) is 12.1. The maximum atomic E-state index is 4.32. The van der Waals surface area contributed by atoms with Crippen LogP contribution in [0.15, 0.2) is 18.2 Å². The molecule has 0 spiro atoms. The lowest BCUT2D eigenvalue weighted by Gasteiger charge is -2.20. The van der Waals surface area contributed by atoms with E-state index in [2.05, 4.69) is 56.9 Å². The molecular weight excluding hydrogens is 214 g/mol. The number of nitrogens with one attached hydrogen (secondary N) is 1. The molecule has 0 bridgehead atoms. The molecule has 0 aliphatic carbocycles. The summed E-state index contributed by atoms with van der Waals surface area (Å²) in [5.74, 6) is 1.50. The van der Waals surface area contributed by atoms with Crippen LogP contribution >= 0.6 is 12.6 Å². The molecule has 1 aromatic carbocycles. The summed E-state index contributed by atoms with van der Waals surface area (Å²) in [4.78, 5) is 0. The molecule has 2 heteroatoms. The molecule has 1 aromatic rings. The van der Waals surface area contributed by atoms with Gasteiger partial charge in [0.25, 0.3) is 0 Å². The lowest BCUT2D eigenvalue weighted by Crippen LogP contribution is -2.18. The van der Waals surface area contributed by atoms with Gasteiger partial charge in [-0.1, -0.05) is 32.0 Å². The molecule has 0 aliphatic rings. The second kappa shape index (κ2) is 6.31. The van der Waals surface area contributed by atoms with Gasteiger partial charge in [-0.3, -0.25) is 0 Å². The van der Waals surface area contributed by atoms with Crippen LogP contribution in [-0.2, 0) is 0 Å². The Morgan fingerprint density at radius 1 is 1.31 bits per heavy atom. The second-order valence-corrected chi connectivity index (χ2v) is 5.07. The third-order valence-electron chi connectivity index (χ3n) is 3.11. The first-order chi connectivity index (χ1) is 7.60. The maximum Gasteiger partial charge on any atom is 0.0328 e. The van der Waals surface area contributed by atoms with Gasteiger partial charge in [-0.05, 0) is 48.8 Å². The summed E-state index contributed by atoms with van der Waals surface area (Å²) in [5.41, 5.74) is 4.20. The Hall–Kier alpha value is -0.470. The van der Waals surface area contributed by atoms with E-state index in [-0.39, 0.29) is 0 Å². The summed E-state index contributed by atoms with van der Waals surface area (Å²) in [6.45, 7) is 6.66. The summed E-state index contributed by atoms with van der Waals surface area (Å²) >= 11 is 4.32. The fourth-order valence-corrected chi connectivity index (χ4v) is 2.24. The highest BCUT2D eigenvalue weighted by atomic mass is 32.1. The maximum absolute atomic E-state index is 4.32. The van der Waals surface area contributed by atoms with Gasteiger partial charge in [0.15, 0.2) is 0 Å². The topological polar surface area (TPSA) is 12.0 Å². The number of hydrogen-bond acceptors (Lipinski definition) is 2. The summed E-state index contributed by atoms with van der Waals surface area (Å²) in [6, 6.07) is 7.23. The van der Waals surface area contributed by atoms with Gasteiger partial charge >= 0.3 is 0 Å². The van der Waals surface area contributed by atoms with Gasteiger partial charge in [-0.2, -0.15) is 12.6 Å². The van der Waals surface area contributed by atoms with E-state index in [1.54, 1.807) is 0 Å². The first-order valence-corrected chi connectivity index (χ1v) is 6.62. The molecule has 0 aliphatic heterocycles. The van der Waals surface area contributed by atoms with Crippen LogP contribution in [0.3, 0.4) is 0 Å². The molecule has 0 fully saturated rings. The van der Waals surface area contributed by atoms with Gasteiger partial charge in [0, 0.05) is 6.04 Å². The summed E-state index contributed by atoms with van der Waals surface area (Å²) in [7, 11) is 2.02. The van der Waals surface area contributed by atoms with E-state index in [1.165, 1.54) is 16.7 Å². The predicted octanol–water partition coefficient (Wildman–Crippen LogP) is 3.70. The molecule has 1 atom stereocenters. The van der Waals surface area contributed by atoms with Gasteiger partial charge in [-0.15, -0.1) is 0 Å². The Balaban J connectivity index is 3.04. The van der Waals surface area contributed by atoms with Crippen LogP contribution in [0.2, 0.25) is 0 Å². The molecule has 0 saturated carbocycles. The Kier molecular flexibility index (Phi) is 5.36. The minimum absolute atomic E-state index is 0.427. The highest BCUT2D eigenvalue weighted by Crippen LogP contribution is 2.25. The van der Waals surface area contributed by atoms with E-state index < -0.39 is 0 Å². The first-order valence-electron chi connectivity index (χ1n) is 5.98. The van der Waals surface area contributed by atoms with Crippen molar-refractivity contribution in [3.63, 3.8) is 0 Å². The molecule has 1 rings (SSSR count). The molecule has 0 heterocycles. The zero-order valence-corrected chi connectivity index (χ0v) is 11.6. The van der Waals surface area contributed by atoms with Crippen molar-refractivity contribution in [3.8, 4) is 0 Å². The number of aryl methyl sites for hydroxylation is 1. The van der Waals surface area contributed by atoms with Crippen LogP contribution in [0, 0.1) is 6.92 Å². The monoisotopic (exact) mass is 237 g/mol. The van der Waals surface area contributed by atoms with Gasteiger partial charge in [0.1, 0.15) is 0 Å². The third kappa shape index (κ3) is 3.26. The molecule has 1 N–H and O–H groups in total. The molecule has 0 aromatic heterocycles. The highest BCUT2D eigenvalue weighted by molar-refractivity contribution is 7.80. The fraction of sp³-hybridized carbons (Fsp3) is 0.571. The van der Waals surface area contributed by atoms with Crippen molar-refractivity contribution < 1.29 is 0 Å². The quantitative estimate of drug-likeness (QED) is 0.744. The van der Waals surface area contributed by atoms with Crippen LogP contribution in [-0.4, -0.2) is 12.8 Å². The Labute approximate surface area is 105 Å². The summed E-state index contributed by atoms with van der Waals surface area (Å²) in [6.07, 6.45) is 1.07. The van der Waals surface area contributed by atoms with Crippen molar-refractivity contribution in [1.82, 2.24) is 5.32 Å². The molecule has 1 nitrogen and oxygen atoms in total. The average molecular weight is 237 g/mol. The van der Waals surface area contributed by atoms with E-state index in [0.717, 1.165) is 12.2 Å². The number of rotatable bonds is 5. The lowest BCUT2D eigenvalue weighted by atomic mass is 9.93. The lowest BCUT2D eigenvalue weighted by molar-refractivity contribution is 0.577. The van der Waals surface area contributed by atoms with Gasteiger partial charge < -0.3 is 5.32 Å². The zero-order valence-electron chi connectivity index (χ0n) is 10.7. The van der Waals surface area contributed by atoms with E-state index in [0.29, 0.717) is 12.0 Å². The highest BCUT2D eigenvalue weighted by Gasteiger charge is 2.12. The number of thiol groups is 1. The standard InChI is InChI=1S/C14H23NS/c1-10(2)12-6-5-11(3)13(9-12)14(15-4)7-8-16/h5-6,9-10,14-16H,7-8H2,1-4H3. The van der Waals surface area contributed by atoms with Crippen LogP contribution < -0.4 is 5.32 Å². The largest absolute Gasteiger partial charge is 0.313 e. The average Bonchev–Trinajstić information content (AvgIpc) is 2.26. The van der Waals surface area contributed by atoms with E-state index >= 15 is 0 Å². The third-order valence-corrected chi connectivity index (χ3v) is 3.37. The van der Waals surface area contributed by atoms with Crippen LogP contribution in [0.5, 0.6) is 0 Å². The van der Waals surface area contributed by atoms with Crippen LogP contribution in [0.1, 0.15) is 48.9 Å². The second-order valence-electron chi connectivity index (χ2n) is 4.62. The van der Waals surface area contributed by atoms with E-state index in [4.69, 9.17) is 0 Å². The minimum atomic E-state index is 0.427. The van der Waals surface area contributed by atoms with Crippen molar-refractivity contribution >= 4 is 12.6 Å². The summed E-state index contributed by atoms with van der Waals surface area (Å²) < 4.78 is 0. The molecular formula is C14H23NS. The van der Waals surface area contributed by atoms with E-state index in [9.17, 15) is 0 Å². The predicted molar refractivity (Wildman–Crippen MR) is 75.5 cm³/mol. The molecule has 16 heavy (non-hydrogen) atoms. The minimum Gasteiger partial charge on any atom is -0.313 e. The number of hydrogen-bond donors (Lipinski definition) is 2. The van der Waals surface area contributed by atoms with Crippen LogP contribution in [0.25, 0.3) is 0 Å². The molecule has 1 unspecified atom stereocenters. The van der Waals surface area contributed by atoms with Gasteiger partial charge in [0.05, 0.1) is 0 Å². The van der Waals surface area contributed by atoms with Gasteiger partial charge in [0.2, 0.25) is 0 Å². The van der Waals surface area contributed by atoms with Crippen molar-refractivity contribution in [2.75, 3.05) is 12.8 Å². The normalized spacial score (nSPS) is 13.1. The van der Waals surface area contributed by atoms with Crippen molar-refractivity contribution in [2.45, 2.75) is 39.2 Å². The van der Waals surface area contributed by atoms with Crippen molar-refractivity contribution in [3.05, 3.63) is 34.9 Å². The number of benzene rings is 1. The SMILES string of the molecule is CNC(CCS)c1cc(C(C)C)ccc1C. The van der Waals surface area contributed by atoms with Crippen molar-refractivity contribution in [2.24, 2.45) is 0 Å². The Morgan fingerprint density at radius 2 is 2.00 bits per heavy atom. The van der Waals surface area contributed by atoms with E-state index in [1.807, 2.05) is 7.05 Å². The molecule has 0 amide bonds. The Morgan fingerprint density at radius 3 is 2.50 bits per heavy atom. The molecule has 0 radical (unpaired) electrons. The Bertz CT molecular complexity index is 334. The molecule has 0 saturated heterocycles. The smallest absolute Gasteiger partial charge is 0.0328 e. The first kappa shape index (κ1) is 13.6. The molecule has 90 valence electrons. The van der Waals surface area contributed by atoms with Gasteiger partial charge in [-0.25, -0.2) is 0 Å². The fourth-order valence-electron chi connectivity index (χ4n) is 1.98. The van der Waals surface area contributed by atoms with Crippen molar-refractivity contribution in [1.29, 1.82) is 0 Å².